The van der Waals surface area contributed by atoms with Gasteiger partial charge in [0.05, 0.1) is 5.56 Å². The lowest BCUT2D eigenvalue weighted by atomic mass is 10.2. The van der Waals surface area contributed by atoms with E-state index < -0.39 is 5.97 Å². The first kappa shape index (κ1) is 15.0. The molecular formula is C15H13BrClNO2. The number of ether oxygens (including phenoxy) is 1. The minimum Gasteiger partial charge on any atom is -0.457 e. The fraction of sp³-hybridized carbons (Fsp3) is 0.200. The van der Waals surface area contributed by atoms with Crippen molar-refractivity contribution in [1.29, 1.82) is 0 Å². The number of carbonyl (C=O) groups is 1. The van der Waals surface area contributed by atoms with E-state index in [1.54, 1.807) is 6.07 Å². The number of hydrogen-bond donors (Lipinski definition) is 0. The number of carbonyl (C=O) groups excluding carboxylic acids is 1. The molecule has 20 heavy (non-hydrogen) atoms. The van der Waals surface area contributed by atoms with Gasteiger partial charge in [0.1, 0.15) is 11.8 Å². The molecule has 0 radical (unpaired) electrons. The first-order valence-electron chi connectivity index (χ1n) is 6.16. The number of halogens is 2. The monoisotopic (exact) mass is 353 g/mol. The van der Waals surface area contributed by atoms with Crippen molar-refractivity contribution in [2.24, 2.45) is 0 Å². The van der Waals surface area contributed by atoms with Crippen LogP contribution < -0.4 is 0 Å². The summed E-state index contributed by atoms with van der Waals surface area (Å²) in [6.07, 6.45) is 0.716. The van der Waals surface area contributed by atoms with Gasteiger partial charge in [-0.25, -0.2) is 9.78 Å². The topological polar surface area (TPSA) is 39.2 Å². The molecule has 1 aromatic heterocycles. The van der Waals surface area contributed by atoms with E-state index in [1.807, 2.05) is 31.2 Å². The van der Waals surface area contributed by atoms with Gasteiger partial charge in [-0.15, -0.1) is 0 Å². The Hall–Kier alpha value is -1.39. The molecule has 0 aliphatic rings. The quantitative estimate of drug-likeness (QED) is 0.603. The summed E-state index contributed by atoms with van der Waals surface area (Å²) in [7, 11) is 0. The molecule has 1 aromatic carbocycles. The van der Waals surface area contributed by atoms with Gasteiger partial charge in [0.15, 0.2) is 0 Å². The lowest BCUT2D eigenvalue weighted by molar-refractivity contribution is 0.0472. The van der Waals surface area contributed by atoms with E-state index in [9.17, 15) is 4.79 Å². The second-order valence-electron chi connectivity index (χ2n) is 4.23. The van der Waals surface area contributed by atoms with Crippen molar-refractivity contribution in [3.63, 3.8) is 0 Å². The van der Waals surface area contributed by atoms with Crippen LogP contribution in [0.1, 0.15) is 28.5 Å². The second-order valence-corrected chi connectivity index (χ2v) is 5.53. The highest BCUT2D eigenvalue weighted by atomic mass is 79.9. The van der Waals surface area contributed by atoms with E-state index in [4.69, 9.17) is 16.3 Å². The molecule has 1 heterocycles. The maximum atomic E-state index is 12.0. The van der Waals surface area contributed by atoms with Crippen LogP contribution in [0.25, 0.3) is 0 Å². The third-order valence-electron chi connectivity index (χ3n) is 2.73. The van der Waals surface area contributed by atoms with Crippen molar-refractivity contribution in [2.45, 2.75) is 20.0 Å². The van der Waals surface area contributed by atoms with Crippen LogP contribution in [-0.4, -0.2) is 11.0 Å². The summed E-state index contributed by atoms with van der Waals surface area (Å²) < 4.78 is 6.25. The zero-order valence-corrected chi connectivity index (χ0v) is 13.2. The van der Waals surface area contributed by atoms with E-state index in [-0.39, 0.29) is 6.61 Å². The van der Waals surface area contributed by atoms with E-state index in [0.29, 0.717) is 17.1 Å². The lowest BCUT2D eigenvalue weighted by Gasteiger charge is -2.06. The predicted octanol–water partition coefficient (Wildman–Crippen LogP) is 4.42. The normalized spacial score (nSPS) is 10.3. The van der Waals surface area contributed by atoms with Crippen LogP contribution in [-0.2, 0) is 17.8 Å². The average Bonchev–Trinajstić information content (AvgIpc) is 2.45. The van der Waals surface area contributed by atoms with Gasteiger partial charge in [0.25, 0.3) is 0 Å². The number of hydrogen-bond acceptors (Lipinski definition) is 3. The third kappa shape index (κ3) is 4.05. The fourth-order valence-electron chi connectivity index (χ4n) is 1.66. The van der Waals surface area contributed by atoms with Crippen LogP contribution in [0, 0.1) is 0 Å². The van der Waals surface area contributed by atoms with Crippen molar-refractivity contribution in [2.75, 3.05) is 0 Å². The van der Waals surface area contributed by atoms with E-state index in [1.165, 1.54) is 6.07 Å². The molecule has 0 saturated carbocycles. The summed E-state index contributed by atoms with van der Waals surface area (Å²) in [5.74, 6) is -0.396. The van der Waals surface area contributed by atoms with Crippen LogP contribution in [0.4, 0.5) is 0 Å². The summed E-state index contributed by atoms with van der Waals surface area (Å²) >= 11 is 9.24. The second kappa shape index (κ2) is 6.86. The number of esters is 1. The zero-order chi connectivity index (χ0) is 14.5. The fourth-order valence-corrected chi connectivity index (χ4v) is 2.15. The molecule has 2 aromatic rings. The first-order valence-corrected chi connectivity index (χ1v) is 7.33. The number of aromatic nitrogens is 1. The van der Waals surface area contributed by atoms with E-state index in [0.717, 1.165) is 15.7 Å². The van der Waals surface area contributed by atoms with Crippen molar-refractivity contribution in [1.82, 2.24) is 4.98 Å². The standard InChI is InChI=1S/C15H13BrClNO2/c1-2-13-7-11(8-14(17)18-13)15(19)20-9-10-3-5-12(16)6-4-10/h3-8H,2,9H2,1H3. The number of rotatable bonds is 4. The summed E-state index contributed by atoms with van der Waals surface area (Å²) in [5, 5.41) is 0.306. The smallest absolute Gasteiger partial charge is 0.338 e. The summed E-state index contributed by atoms with van der Waals surface area (Å²) in [5.41, 5.74) is 2.13. The Balaban J connectivity index is 2.04. The zero-order valence-electron chi connectivity index (χ0n) is 10.9. The molecular weight excluding hydrogens is 342 g/mol. The molecule has 0 bridgehead atoms. The molecule has 5 heteroatoms. The van der Waals surface area contributed by atoms with Crippen LogP contribution in [0.5, 0.6) is 0 Å². The minimum absolute atomic E-state index is 0.230. The molecule has 0 aliphatic carbocycles. The van der Waals surface area contributed by atoms with Gasteiger partial charge >= 0.3 is 5.97 Å². The van der Waals surface area contributed by atoms with Crippen LogP contribution >= 0.6 is 27.5 Å². The van der Waals surface area contributed by atoms with Gasteiger partial charge in [-0.2, -0.15) is 0 Å². The van der Waals surface area contributed by atoms with Gasteiger partial charge in [-0.3, -0.25) is 0 Å². The van der Waals surface area contributed by atoms with Crippen molar-refractivity contribution in [3.05, 3.63) is 62.8 Å². The molecule has 2 rings (SSSR count). The van der Waals surface area contributed by atoms with Crippen LogP contribution in [0.2, 0.25) is 5.15 Å². The number of benzene rings is 1. The molecule has 0 amide bonds. The Morgan fingerprint density at radius 2 is 2.00 bits per heavy atom. The molecule has 0 N–H and O–H groups in total. The molecule has 0 unspecified atom stereocenters. The molecule has 0 aliphatic heterocycles. The van der Waals surface area contributed by atoms with Crippen LogP contribution in [0.15, 0.2) is 40.9 Å². The Bertz CT molecular complexity index is 614. The van der Waals surface area contributed by atoms with Crippen molar-refractivity contribution in [3.8, 4) is 0 Å². The summed E-state index contributed by atoms with van der Waals surface area (Å²) in [6, 6.07) is 10.8. The molecule has 104 valence electrons. The van der Waals surface area contributed by atoms with Crippen molar-refractivity contribution < 1.29 is 9.53 Å². The van der Waals surface area contributed by atoms with E-state index >= 15 is 0 Å². The van der Waals surface area contributed by atoms with Gasteiger partial charge < -0.3 is 4.74 Å². The Morgan fingerprint density at radius 1 is 1.30 bits per heavy atom. The minimum atomic E-state index is -0.396. The molecule has 0 spiro atoms. The van der Waals surface area contributed by atoms with E-state index in [2.05, 4.69) is 20.9 Å². The predicted molar refractivity (Wildman–Crippen MR) is 81.9 cm³/mol. The van der Waals surface area contributed by atoms with Gasteiger partial charge in [0, 0.05) is 10.2 Å². The summed E-state index contributed by atoms with van der Waals surface area (Å²) in [4.78, 5) is 16.1. The number of aryl methyl sites for hydroxylation is 1. The van der Waals surface area contributed by atoms with Gasteiger partial charge in [0.2, 0.25) is 0 Å². The summed E-state index contributed by atoms with van der Waals surface area (Å²) in [6.45, 7) is 2.18. The van der Waals surface area contributed by atoms with Crippen LogP contribution in [0.3, 0.4) is 0 Å². The Labute approximate surface area is 131 Å². The average molecular weight is 355 g/mol. The highest BCUT2D eigenvalue weighted by Gasteiger charge is 2.10. The molecule has 0 atom stereocenters. The number of nitrogens with zero attached hydrogens (tertiary/aromatic N) is 1. The number of pyridine rings is 1. The third-order valence-corrected chi connectivity index (χ3v) is 3.45. The Morgan fingerprint density at radius 3 is 2.65 bits per heavy atom. The first-order chi connectivity index (χ1) is 9.58. The Kier molecular flexibility index (Phi) is 5.15. The lowest BCUT2D eigenvalue weighted by Crippen LogP contribution is -2.06. The van der Waals surface area contributed by atoms with Gasteiger partial charge in [-0.05, 0) is 36.2 Å². The molecule has 0 fully saturated rings. The highest BCUT2D eigenvalue weighted by molar-refractivity contribution is 9.10. The maximum Gasteiger partial charge on any atom is 0.338 e. The largest absolute Gasteiger partial charge is 0.457 e. The van der Waals surface area contributed by atoms with Crippen molar-refractivity contribution >= 4 is 33.5 Å². The SMILES string of the molecule is CCc1cc(C(=O)OCc2ccc(Br)cc2)cc(Cl)n1. The molecule has 3 nitrogen and oxygen atoms in total. The highest BCUT2D eigenvalue weighted by Crippen LogP contribution is 2.15. The van der Waals surface area contributed by atoms with Gasteiger partial charge in [-0.1, -0.05) is 46.6 Å². The maximum absolute atomic E-state index is 12.0. The molecule has 0 saturated heterocycles.